The van der Waals surface area contributed by atoms with E-state index in [9.17, 15) is 9.59 Å². The zero-order valence-electron chi connectivity index (χ0n) is 16.4. The van der Waals surface area contributed by atoms with Crippen LogP contribution in [0.1, 0.15) is 43.0 Å². The van der Waals surface area contributed by atoms with E-state index in [-0.39, 0.29) is 11.8 Å². The summed E-state index contributed by atoms with van der Waals surface area (Å²) in [6, 6.07) is 12.4. The average Bonchev–Trinajstić information content (AvgIpc) is 3.14. The van der Waals surface area contributed by atoms with E-state index in [1.165, 1.54) is 0 Å². The van der Waals surface area contributed by atoms with Crippen LogP contribution in [-0.2, 0) is 4.79 Å². The van der Waals surface area contributed by atoms with Crippen LogP contribution < -0.4 is 19.7 Å². The Bertz CT molecular complexity index is 833. The average molecular weight is 382 g/mol. The van der Waals surface area contributed by atoms with Crippen LogP contribution in [0.2, 0.25) is 0 Å². The smallest absolute Gasteiger partial charge is 0.255 e. The van der Waals surface area contributed by atoms with Crippen LogP contribution >= 0.6 is 0 Å². The molecule has 0 bridgehead atoms. The summed E-state index contributed by atoms with van der Waals surface area (Å²) in [5, 5.41) is 2.87. The number of nitrogens with one attached hydrogen (secondary N) is 1. The van der Waals surface area contributed by atoms with Crippen molar-refractivity contribution in [3.05, 3.63) is 48.0 Å². The maximum Gasteiger partial charge on any atom is 0.255 e. The van der Waals surface area contributed by atoms with E-state index >= 15 is 0 Å². The number of amides is 2. The van der Waals surface area contributed by atoms with Gasteiger partial charge in [-0.1, -0.05) is 13.3 Å². The molecule has 148 valence electrons. The Morgan fingerprint density at radius 2 is 1.96 bits per heavy atom. The second-order valence-corrected chi connectivity index (χ2v) is 6.72. The van der Waals surface area contributed by atoms with E-state index in [0.29, 0.717) is 36.6 Å². The van der Waals surface area contributed by atoms with E-state index in [1.54, 1.807) is 48.4 Å². The number of nitrogens with zero attached hydrogens (tertiary/aromatic N) is 1. The lowest BCUT2D eigenvalue weighted by atomic mass is 10.2. The van der Waals surface area contributed by atoms with Crippen molar-refractivity contribution in [1.82, 2.24) is 0 Å². The number of unbranched alkanes of at least 4 members (excludes halogenated alkanes) is 1. The minimum absolute atomic E-state index is 0.0938. The third kappa shape index (κ3) is 4.63. The zero-order valence-corrected chi connectivity index (χ0v) is 16.4. The van der Waals surface area contributed by atoms with Gasteiger partial charge in [0.1, 0.15) is 11.5 Å². The Morgan fingerprint density at radius 1 is 1.18 bits per heavy atom. The molecule has 2 aromatic carbocycles. The summed E-state index contributed by atoms with van der Waals surface area (Å²) < 4.78 is 11.1. The lowest BCUT2D eigenvalue weighted by molar-refractivity contribution is -0.117. The monoisotopic (exact) mass is 382 g/mol. The van der Waals surface area contributed by atoms with Gasteiger partial charge in [0.05, 0.1) is 19.4 Å². The molecule has 2 aromatic rings. The van der Waals surface area contributed by atoms with Crippen LogP contribution in [0.25, 0.3) is 0 Å². The Kier molecular flexibility index (Phi) is 6.53. The minimum atomic E-state index is -0.216. The van der Waals surface area contributed by atoms with Gasteiger partial charge in [-0.25, -0.2) is 0 Å². The van der Waals surface area contributed by atoms with Gasteiger partial charge in [0.2, 0.25) is 5.91 Å². The predicted octanol–water partition coefficient (Wildman–Crippen LogP) is 4.25. The molecule has 0 aliphatic carbocycles. The molecule has 0 saturated carbocycles. The largest absolute Gasteiger partial charge is 0.494 e. The number of rotatable bonds is 8. The van der Waals surface area contributed by atoms with Crippen LogP contribution in [0, 0.1) is 0 Å². The van der Waals surface area contributed by atoms with Crippen LogP contribution in [-0.4, -0.2) is 32.1 Å². The van der Waals surface area contributed by atoms with Crippen molar-refractivity contribution in [3.63, 3.8) is 0 Å². The fourth-order valence-corrected chi connectivity index (χ4v) is 3.12. The number of hydrogen-bond acceptors (Lipinski definition) is 4. The summed E-state index contributed by atoms with van der Waals surface area (Å²) >= 11 is 0. The fraction of sp³-hybridized carbons (Fsp3) is 0.364. The SMILES string of the molecule is CCCCOc1ccc(C(=O)Nc2ccc(N3CCCC3=O)c(OC)c2)cc1. The maximum atomic E-state index is 12.5. The Hall–Kier alpha value is -3.02. The molecule has 3 rings (SSSR count). The summed E-state index contributed by atoms with van der Waals surface area (Å²) in [6.45, 7) is 3.47. The normalized spacial score (nSPS) is 13.5. The van der Waals surface area contributed by atoms with Crippen molar-refractivity contribution in [2.45, 2.75) is 32.6 Å². The number of anilines is 2. The van der Waals surface area contributed by atoms with E-state index in [4.69, 9.17) is 9.47 Å². The van der Waals surface area contributed by atoms with Gasteiger partial charge >= 0.3 is 0 Å². The van der Waals surface area contributed by atoms with Gasteiger partial charge in [-0.2, -0.15) is 0 Å². The van der Waals surface area contributed by atoms with Gasteiger partial charge < -0.3 is 19.7 Å². The van der Waals surface area contributed by atoms with Crippen LogP contribution in [0.5, 0.6) is 11.5 Å². The topological polar surface area (TPSA) is 67.9 Å². The molecular weight excluding hydrogens is 356 g/mol. The molecule has 1 N–H and O–H groups in total. The van der Waals surface area contributed by atoms with Crippen LogP contribution in [0.4, 0.5) is 11.4 Å². The molecule has 0 radical (unpaired) electrons. The molecule has 1 fully saturated rings. The fourth-order valence-electron chi connectivity index (χ4n) is 3.12. The molecule has 0 spiro atoms. The summed E-state index contributed by atoms with van der Waals surface area (Å²) in [5.74, 6) is 1.20. The lowest BCUT2D eigenvalue weighted by Gasteiger charge is -2.19. The first-order chi connectivity index (χ1) is 13.6. The first-order valence-electron chi connectivity index (χ1n) is 9.65. The van der Waals surface area contributed by atoms with Crippen molar-refractivity contribution < 1.29 is 19.1 Å². The molecule has 1 aliphatic rings. The van der Waals surface area contributed by atoms with E-state index in [0.717, 1.165) is 30.7 Å². The first-order valence-corrected chi connectivity index (χ1v) is 9.65. The molecule has 6 heteroatoms. The highest BCUT2D eigenvalue weighted by Crippen LogP contribution is 2.34. The molecule has 0 atom stereocenters. The molecule has 6 nitrogen and oxygen atoms in total. The van der Waals surface area contributed by atoms with Gasteiger partial charge in [0.15, 0.2) is 0 Å². The van der Waals surface area contributed by atoms with Crippen LogP contribution in [0.3, 0.4) is 0 Å². The Balaban J connectivity index is 1.67. The third-order valence-corrected chi connectivity index (χ3v) is 4.68. The number of hydrogen-bond donors (Lipinski definition) is 1. The molecule has 0 aromatic heterocycles. The van der Waals surface area contributed by atoms with Gasteiger partial charge in [-0.15, -0.1) is 0 Å². The van der Waals surface area contributed by atoms with Crippen molar-refractivity contribution in [2.75, 3.05) is 30.5 Å². The number of carbonyl (C=O) groups excluding carboxylic acids is 2. The van der Waals surface area contributed by atoms with E-state index in [2.05, 4.69) is 12.2 Å². The highest BCUT2D eigenvalue weighted by molar-refractivity contribution is 6.05. The Labute approximate surface area is 165 Å². The van der Waals surface area contributed by atoms with Gasteiger partial charge in [-0.05, 0) is 49.2 Å². The third-order valence-electron chi connectivity index (χ3n) is 4.68. The van der Waals surface area contributed by atoms with Gasteiger partial charge in [-0.3, -0.25) is 9.59 Å². The molecular formula is C22H26N2O4. The second-order valence-electron chi connectivity index (χ2n) is 6.72. The molecule has 0 unspecified atom stereocenters. The number of carbonyl (C=O) groups is 2. The highest BCUT2D eigenvalue weighted by Gasteiger charge is 2.24. The van der Waals surface area contributed by atoms with E-state index in [1.807, 2.05) is 6.07 Å². The number of methoxy groups -OCH3 is 1. The predicted molar refractivity (Wildman–Crippen MR) is 109 cm³/mol. The summed E-state index contributed by atoms with van der Waals surface area (Å²) in [7, 11) is 1.56. The van der Waals surface area contributed by atoms with Crippen molar-refractivity contribution >= 4 is 23.2 Å². The summed E-state index contributed by atoms with van der Waals surface area (Å²) in [4.78, 5) is 26.2. The standard InChI is InChI=1S/C22H26N2O4/c1-3-4-14-28-18-10-7-16(8-11-18)22(26)23-17-9-12-19(20(15-17)27-2)24-13-5-6-21(24)25/h7-12,15H,3-6,13-14H2,1-2H3,(H,23,26). The second kappa shape index (κ2) is 9.26. The van der Waals surface area contributed by atoms with Gasteiger partial charge in [0.25, 0.3) is 5.91 Å². The molecule has 1 aliphatic heterocycles. The van der Waals surface area contributed by atoms with E-state index < -0.39 is 0 Å². The summed E-state index contributed by atoms with van der Waals surface area (Å²) in [5.41, 5.74) is 1.89. The molecule has 1 saturated heterocycles. The summed E-state index contributed by atoms with van der Waals surface area (Å²) in [6.07, 6.45) is 3.48. The quantitative estimate of drug-likeness (QED) is 0.693. The Morgan fingerprint density at radius 3 is 2.61 bits per heavy atom. The van der Waals surface area contributed by atoms with Gasteiger partial charge in [0, 0.05) is 30.3 Å². The maximum absolute atomic E-state index is 12.5. The first kappa shape index (κ1) is 19.7. The molecule has 28 heavy (non-hydrogen) atoms. The van der Waals surface area contributed by atoms with Crippen molar-refractivity contribution in [1.29, 1.82) is 0 Å². The zero-order chi connectivity index (χ0) is 19.9. The van der Waals surface area contributed by atoms with Crippen LogP contribution in [0.15, 0.2) is 42.5 Å². The number of ether oxygens (including phenoxy) is 2. The highest BCUT2D eigenvalue weighted by atomic mass is 16.5. The van der Waals surface area contributed by atoms with Crippen molar-refractivity contribution in [2.24, 2.45) is 0 Å². The number of benzene rings is 2. The lowest BCUT2D eigenvalue weighted by Crippen LogP contribution is -2.24. The molecule has 2 amide bonds. The molecule has 1 heterocycles. The minimum Gasteiger partial charge on any atom is -0.494 e. The van der Waals surface area contributed by atoms with Crippen molar-refractivity contribution in [3.8, 4) is 11.5 Å².